The van der Waals surface area contributed by atoms with Gasteiger partial charge in [-0.2, -0.15) is 0 Å². The molecular weight excluding hydrogens is 312 g/mol. The van der Waals surface area contributed by atoms with E-state index in [9.17, 15) is 0 Å². The zero-order valence-electron chi connectivity index (χ0n) is 14.2. The van der Waals surface area contributed by atoms with Crippen molar-refractivity contribution in [2.24, 2.45) is 0 Å². The predicted molar refractivity (Wildman–Crippen MR) is 100 cm³/mol. The minimum Gasteiger partial charge on any atom is -0.353 e. The highest BCUT2D eigenvalue weighted by Gasteiger charge is 2.20. The van der Waals surface area contributed by atoms with Crippen LogP contribution in [0.3, 0.4) is 0 Å². The highest BCUT2D eigenvalue weighted by molar-refractivity contribution is 5.99. The van der Waals surface area contributed by atoms with E-state index in [0.717, 1.165) is 59.6 Å². The lowest BCUT2D eigenvalue weighted by Gasteiger charge is -2.30. The maximum Gasteiger partial charge on any atom is 0.162 e. The van der Waals surface area contributed by atoms with Crippen molar-refractivity contribution in [1.82, 2.24) is 25.3 Å². The minimum absolute atomic E-state index is 0.698. The highest BCUT2D eigenvalue weighted by Crippen LogP contribution is 2.32. The number of allylic oxidation sites excluding steroid dienone is 1. The fourth-order valence-corrected chi connectivity index (χ4v) is 3.12. The van der Waals surface area contributed by atoms with E-state index in [1.165, 1.54) is 0 Å². The molecule has 0 saturated carbocycles. The topological polar surface area (TPSA) is 66.8 Å². The highest BCUT2D eigenvalue weighted by atomic mass is 15.2. The molecule has 1 aliphatic heterocycles. The van der Waals surface area contributed by atoms with Gasteiger partial charge < -0.3 is 10.2 Å². The Balaban J connectivity index is 1.98. The summed E-state index contributed by atoms with van der Waals surface area (Å²) in [5, 5.41) is 4.42. The van der Waals surface area contributed by atoms with Crippen LogP contribution in [0.25, 0.3) is 27.9 Å². The Morgan fingerprint density at radius 2 is 1.84 bits per heavy atom. The third kappa shape index (κ3) is 2.96. The summed E-state index contributed by atoms with van der Waals surface area (Å²) in [6.07, 6.45) is 7.18. The number of anilines is 1. The molecule has 1 fully saturated rings. The first-order valence-corrected chi connectivity index (χ1v) is 8.42. The van der Waals surface area contributed by atoms with Gasteiger partial charge in [0.1, 0.15) is 5.82 Å². The third-order valence-electron chi connectivity index (χ3n) is 4.40. The maximum absolute atomic E-state index is 4.93. The van der Waals surface area contributed by atoms with E-state index in [4.69, 9.17) is 9.97 Å². The lowest BCUT2D eigenvalue weighted by molar-refractivity contribution is 0.586. The fraction of sp³-hybridized carbons (Fsp3) is 0.263. The summed E-state index contributed by atoms with van der Waals surface area (Å²) in [4.78, 5) is 20.4. The Morgan fingerprint density at radius 3 is 2.56 bits per heavy atom. The van der Waals surface area contributed by atoms with Gasteiger partial charge in [-0.15, -0.1) is 0 Å². The van der Waals surface area contributed by atoms with E-state index < -0.39 is 0 Å². The van der Waals surface area contributed by atoms with Gasteiger partial charge in [0.25, 0.3) is 0 Å². The van der Waals surface area contributed by atoms with Crippen molar-refractivity contribution in [1.29, 1.82) is 0 Å². The predicted octanol–water partition coefficient (Wildman–Crippen LogP) is 2.53. The molecule has 4 rings (SSSR count). The zero-order chi connectivity index (χ0) is 17.2. The van der Waals surface area contributed by atoms with Gasteiger partial charge in [-0.05, 0) is 24.6 Å². The van der Waals surface area contributed by atoms with Gasteiger partial charge in [0.15, 0.2) is 5.82 Å². The van der Waals surface area contributed by atoms with E-state index >= 15 is 0 Å². The Labute approximate surface area is 146 Å². The lowest BCUT2D eigenvalue weighted by Crippen LogP contribution is -2.44. The summed E-state index contributed by atoms with van der Waals surface area (Å²) in [7, 11) is 0. The van der Waals surface area contributed by atoms with Crippen molar-refractivity contribution in [2.75, 3.05) is 31.1 Å². The second kappa shape index (κ2) is 6.57. The Hall–Kier alpha value is -2.86. The van der Waals surface area contributed by atoms with E-state index in [0.29, 0.717) is 5.82 Å². The smallest absolute Gasteiger partial charge is 0.162 e. The quantitative estimate of drug-likeness (QED) is 0.795. The normalized spacial score (nSPS) is 14.7. The first-order valence-electron chi connectivity index (χ1n) is 8.42. The van der Waals surface area contributed by atoms with Crippen LogP contribution in [0, 0.1) is 0 Å². The number of nitrogens with one attached hydrogen (secondary N) is 1. The molecular formula is C19H20N6. The molecule has 3 aromatic rings. The number of rotatable bonds is 3. The average molecular weight is 332 g/mol. The number of fused-ring (bicyclic) bond motifs is 1. The van der Waals surface area contributed by atoms with E-state index in [2.05, 4.69) is 26.8 Å². The van der Waals surface area contributed by atoms with Gasteiger partial charge in [-0.25, -0.2) is 9.97 Å². The molecule has 0 atom stereocenters. The van der Waals surface area contributed by atoms with Crippen molar-refractivity contribution in [3.05, 3.63) is 49.1 Å². The van der Waals surface area contributed by atoms with Crippen LogP contribution in [0.5, 0.6) is 0 Å². The Bertz CT molecular complexity index is 916. The summed E-state index contributed by atoms with van der Waals surface area (Å²) in [6, 6.07) is 3.86. The number of piperazine rings is 1. The largest absolute Gasteiger partial charge is 0.353 e. The van der Waals surface area contributed by atoms with Crippen LogP contribution >= 0.6 is 0 Å². The zero-order valence-corrected chi connectivity index (χ0v) is 14.2. The standard InChI is InChI=1S/C19H20N6/c1-13(2)15-11-22-12-16-17(15)19(25-9-7-21-8-10-25)24-18(23-16)14-3-5-20-6-4-14/h3-6,11-12,21H,1,7-10H2,2H3. The molecule has 0 bridgehead atoms. The summed E-state index contributed by atoms with van der Waals surface area (Å²) in [6.45, 7) is 9.83. The van der Waals surface area contributed by atoms with Crippen LogP contribution in [0.4, 0.5) is 5.82 Å². The molecule has 126 valence electrons. The number of aromatic nitrogens is 4. The monoisotopic (exact) mass is 332 g/mol. The second-order valence-corrected chi connectivity index (χ2v) is 6.21. The van der Waals surface area contributed by atoms with Crippen LogP contribution < -0.4 is 10.2 Å². The van der Waals surface area contributed by atoms with Crippen LogP contribution in [0.15, 0.2) is 43.5 Å². The third-order valence-corrected chi connectivity index (χ3v) is 4.40. The maximum atomic E-state index is 4.93. The number of nitrogens with zero attached hydrogens (tertiary/aromatic N) is 5. The van der Waals surface area contributed by atoms with Gasteiger partial charge >= 0.3 is 0 Å². The Morgan fingerprint density at radius 1 is 1.08 bits per heavy atom. The first kappa shape index (κ1) is 15.7. The summed E-state index contributed by atoms with van der Waals surface area (Å²) in [5.74, 6) is 1.66. The molecule has 0 spiro atoms. The fourth-order valence-electron chi connectivity index (χ4n) is 3.12. The van der Waals surface area contributed by atoms with Crippen molar-refractivity contribution in [2.45, 2.75) is 6.92 Å². The van der Waals surface area contributed by atoms with Crippen molar-refractivity contribution in [3.63, 3.8) is 0 Å². The van der Waals surface area contributed by atoms with E-state index in [1.807, 2.05) is 25.3 Å². The minimum atomic E-state index is 0.698. The number of hydrogen-bond donors (Lipinski definition) is 1. The molecule has 4 heterocycles. The molecule has 0 aliphatic carbocycles. The molecule has 0 radical (unpaired) electrons. The van der Waals surface area contributed by atoms with Crippen molar-refractivity contribution in [3.8, 4) is 11.4 Å². The van der Waals surface area contributed by atoms with Gasteiger partial charge in [-0.3, -0.25) is 9.97 Å². The lowest BCUT2D eigenvalue weighted by atomic mass is 10.1. The van der Waals surface area contributed by atoms with Gasteiger partial charge in [0, 0.05) is 55.9 Å². The summed E-state index contributed by atoms with van der Waals surface area (Å²) >= 11 is 0. The van der Waals surface area contributed by atoms with E-state index in [1.54, 1.807) is 18.6 Å². The Kier molecular flexibility index (Phi) is 4.11. The molecule has 0 unspecified atom stereocenters. The van der Waals surface area contributed by atoms with Crippen LogP contribution in [0.1, 0.15) is 12.5 Å². The second-order valence-electron chi connectivity index (χ2n) is 6.21. The molecule has 0 aromatic carbocycles. The van der Waals surface area contributed by atoms with Gasteiger partial charge in [0.2, 0.25) is 0 Å². The molecule has 25 heavy (non-hydrogen) atoms. The van der Waals surface area contributed by atoms with Crippen molar-refractivity contribution >= 4 is 22.3 Å². The molecule has 6 heteroatoms. The molecule has 1 saturated heterocycles. The number of pyridine rings is 2. The molecule has 1 aliphatic rings. The van der Waals surface area contributed by atoms with Crippen molar-refractivity contribution < 1.29 is 0 Å². The first-order chi connectivity index (χ1) is 12.2. The molecule has 3 aromatic heterocycles. The number of hydrogen-bond acceptors (Lipinski definition) is 6. The molecule has 0 amide bonds. The van der Waals surface area contributed by atoms with E-state index in [-0.39, 0.29) is 0 Å². The van der Waals surface area contributed by atoms with Gasteiger partial charge in [-0.1, -0.05) is 6.58 Å². The van der Waals surface area contributed by atoms with Crippen LogP contribution in [-0.4, -0.2) is 46.1 Å². The summed E-state index contributed by atoms with van der Waals surface area (Å²) < 4.78 is 0. The van der Waals surface area contributed by atoms with Gasteiger partial charge in [0.05, 0.1) is 17.1 Å². The average Bonchev–Trinajstić information content (AvgIpc) is 2.68. The van der Waals surface area contributed by atoms with Crippen LogP contribution in [0.2, 0.25) is 0 Å². The molecule has 6 nitrogen and oxygen atoms in total. The van der Waals surface area contributed by atoms with Crippen LogP contribution in [-0.2, 0) is 0 Å². The molecule has 1 N–H and O–H groups in total. The SMILES string of the molecule is C=C(C)c1cncc2nc(-c3ccncc3)nc(N3CCNCC3)c12. The summed E-state index contributed by atoms with van der Waals surface area (Å²) in [5.41, 5.74) is 3.77.